The zero-order chi connectivity index (χ0) is 13.8. The van der Waals surface area contributed by atoms with Gasteiger partial charge < -0.3 is 11.1 Å². The summed E-state index contributed by atoms with van der Waals surface area (Å²) in [5.41, 5.74) is 7.96. The lowest BCUT2D eigenvalue weighted by Crippen LogP contribution is -2.24. The fourth-order valence-electron chi connectivity index (χ4n) is 1.77. The lowest BCUT2D eigenvalue weighted by molar-refractivity contribution is 0.0950. The minimum atomic E-state index is -0.162. The highest BCUT2D eigenvalue weighted by atomic mass is 16.1. The van der Waals surface area contributed by atoms with E-state index in [4.69, 9.17) is 5.73 Å². The van der Waals surface area contributed by atoms with Crippen molar-refractivity contribution >= 4 is 11.7 Å². The third-order valence-corrected chi connectivity index (χ3v) is 2.88. The van der Waals surface area contributed by atoms with Gasteiger partial charge in [-0.2, -0.15) is 5.10 Å². The van der Waals surface area contributed by atoms with Crippen LogP contribution in [0.1, 0.15) is 28.7 Å². The van der Waals surface area contributed by atoms with Crippen LogP contribution in [0.5, 0.6) is 0 Å². The normalized spacial score (nSPS) is 10.4. The minimum absolute atomic E-state index is 0.162. The SMILES string of the molecule is CCc1cc(C(=O)NCc2ccnn2C)cc(N)n1. The Hall–Kier alpha value is -2.37. The van der Waals surface area contributed by atoms with Crippen molar-refractivity contribution in [3.63, 3.8) is 0 Å². The van der Waals surface area contributed by atoms with E-state index in [-0.39, 0.29) is 5.91 Å². The van der Waals surface area contributed by atoms with Gasteiger partial charge in [0, 0.05) is 24.5 Å². The number of nitrogens with one attached hydrogen (secondary N) is 1. The van der Waals surface area contributed by atoms with Gasteiger partial charge in [-0.05, 0) is 24.6 Å². The summed E-state index contributed by atoms with van der Waals surface area (Å²) in [5.74, 6) is 0.204. The average molecular weight is 259 g/mol. The lowest BCUT2D eigenvalue weighted by atomic mass is 10.2. The molecule has 2 aromatic heterocycles. The largest absolute Gasteiger partial charge is 0.384 e. The van der Waals surface area contributed by atoms with Crippen LogP contribution in [-0.4, -0.2) is 20.7 Å². The Morgan fingerprint density at radius 1 is 1.47 bits per heavy atom. The standard InChI is InChI=1S/C13H17N5O/c1-3-10-6-9(7-12(14)17-10)13(19)15-8-11-4-5-16-18(11)2/h4-7H,3,8H2,1-2H3,(H2,14,17)(H,15,19). The third-order valence-electron chi connectivity index (χ3n) is 2.88. The van der Waals surface area contributed by atoms with E-state index in [1.165, 1.54) is 0 Å². The number of nitrogen functional groups attached to an aromatic ring is 1. The van der Waals surface area contributed by atoms with E-state index in [2.05, 4.69) is 15.4 Å². The van der Waals surface area contributed by atoms with E-state index in [9.17, 15) is 4.79 Å². The van der Waals surface area contributed by atoms with Crippen LogP contribution in [0.25, 0.3) is 0 Å². The molecule has 0 saturated carbocycles. The molecule has 3 N–H and O–H groups in total. The fraction of sp³-hybridized carbons (Fsp3) is 0.308. The summed E-state index contributed by atoms with van der Waals surface area (Å²) < 4.78 is 1.72. The lowest BCUT2D eigenvalue weighted by Gasteiger charge is -2.07. The van der Waals surface area contributed by atoms with Gasteiger partial charge >= 0.3 is 0 Å². The zero-order valence-electron chi connectivity index (χ0n) is 11.1. The molecule has 0 aliphatic rings. The van der Waals surface area contributed by atoms with E-state index in [0.717, 1.165) is 17.8 Å². The molecule has 6 nitrogen and oxygen atoms in total. The second-order valence-electron chi connectivity index (χ2n) is 4.25. The van der Waals surface area contributed by atoms with Gasteiger partial charge in [-0.15, -0.1) is 0 Å². The molecular weight excluding hydrogens is 242 g/mol. The second-order valence-corrected chi connectivity index (χ2v) is 4.25. The molecule has 2 rings (SSSR count). The Kier molecular flexibility index (Phi) is 3.79. The molecule has 100 valence electrons. The highest BCUT2D eigenvalue weighted by molar-refractivity contribution is 5.94. The van der Waals surface area contributed by atoms with E-state index in [1.54, 1.807) is 23.0 Å². The molecule has 6 heteroatoms. The quantitative estimate of drug-likeness (QED) is 0.853. The number of aryl methyl sites for hydroxylation is 2. The predicted molar refractivity (Wildman–Crippen MR) is 72.4 cm³/mol. The summed E-state index contributed by atoms with van der Waals surface area (Å²) in [5, 5.41) is 6.88. The fourth-order valence-corrected chi connectivity index (χ4v) is 1.77. The molecule has 0 saturated heterocycles. The van der Waals surface area contributed by atoms with Crippen LogP contribution in [0.3, 0.4) is 0 Å². The number of amides is 1. The number of hydrogen-bond donors (Lipinski definition) is 2. The van der Waals surface area contributed by atoms with Crippen LogP contribution in [0.4, 0.5) is 5.82 Å². The molecular formula is C13H17N5O. The average Bonchev–Trinajstić information content (AvgIpc) is 2.80. The molecule has 1 amide bonds. The number of hydrogen-bond acceptors (Lipinski definition) is 4. The predicted octanol–water partition coefficient (Wildman–Crippen LogP) is 0.890. The Morgan fingerprint density at radius 3 is 2.89 bits per heavy atom. The van der Waals surface area contributed by atoms with E-state index in [1.807, 2.05) is 20.0 Å². The number of aromatic nitrogens is 3. The highest BCUT2D eigenvalue weighted by Gasteiger charge is 2.09. The molecule has 0 unspecified atom stereocenters. The van der Waals surface area contributed by atoms with Crippen molar-refractivity contribution < 1.29 is 4.79 Å². The number of anilines is 1. The molecule has 0 aliphatic heterocycles. The number of nitrogens with zero attached hydrogens (tertiary/aromatic N) is 3. The van der Waals surface area contributed by atoms with Crippen LogP contribution >= 0.6 is 0 Å². The molecule has 0 aromatic carbocycles. The van der Waals surface area contributed by atoms with Crippen molar-refractivity contribution in [3.8, 4) is 0 Å². The van der Waals surface area contributed by atoms with Crippen molar-refractivity contribution in [2.75, 3.05) is 5.73 Å². The van der Waals surface area contributed by atoms with Crippen molar-refractivity contribution in [1.29, 1.82) is 0 Å². The molecule has 0 spiro atoms. The minimum Gasteiger partial charge on any atom is -0.384 e. The van der Waals surface area contributed by atoms with Gasteiger partial charge in [0.25, 0.3) is 5.91 Å². The summed E-state index contributed by atoms with van der Waals surface area (Å²) in [6.07, 6.45) is 2.44. The Bertz CT molecular complexity index is 590. The number of rotatable bonds is 4. The Balaban J connectivity index is 2.08. The number of pyridine rings is 1. The van der Waals surface area contributed by atoms with Crippen LogP contribution in [-0.2, 0) is 20.0 Å². The van der Waals surface area contributed by atoms with Crippen LogP contribution < -0.4 is 11.1 Å². The second kappa shape index (κ2) is 5.51. The van der Waals surface area contributed by atoms with Crippen molar-refractivity contribution in [2.45, 2.75) is 19.9 Å². The van der Waals surface area contributed by atoms with E-state index < -0.39 is 0 Å². The molecule has 0 bridgehead atoms. The number of carbonyl (C=O) groups is 1. The molecule has 2 aromatic rings. The van der Waals surface area contributed by atoms with Crippen molar-refractivity contribution in [3.05, 3.63) is 41.3 Å². The molecule has 19 heavy (non-hydrogen) atoms. The number of carbonyl (C=O) groups excluding carboxylic acids is 1. The van der Waals surface area contributed by atoms with Gasteiger partial charge in [0.1, 0.15) is 5.82 Å². The first-order chi connectivity index (χ1) is 9.10. The first-order valence-electron chi connectivity index (χ1n) is 6.11. The van der Waals surface area contributed by atoms with Gasteiger partial charge in [0.2, 0.25) is 0 Å². The molecule has 0 aliphatic carbocycles. The molecule has 0 radical (unpaired) electrons. The molecule has 0 atom stereocenters. The van der Waals surface area contributed by atoms with E-state index in [0.29, 0.717) is 17.9 Å². The smallest absolute Gasteiger partial charge is 0.251 e. The molecule has 0 fully saturated rings. The van der Waals surface area contributed by atoms with Crippen molar-refractivity contribution in [1.82, 2.24) is 20.1 Å². The van der Waals surface area contributed by atoms with Crippen LogP contribution in [0, 0.1) is 0 Å². The maximum Gasteiger partial charge on any atom is 0.251 e. The highest BCUT2D eigenvalue weighted by Crippen LogP contribution is 2.08. The summed E-state index contributed by atoms with van der Waals surface area (Å²) >= 11 is 0. The maximum atomic E-state index is 12.0. The third kappa shape index (κ3) is 3.09. The first-order valence-corrected chi connectivity index (χ1v) is 6.11. The monoisotopic (exact) mass is 259 g/mol. The van der Waals surface area contributed by atoms with Gasteiger partial charge in [-0.3, -0.25) is 9.48 Å². The summed E-state index contributed by atoms with van der Waals surface area (Å²) in [6, 6.07) is 5.20. The summed E-state index contributed by atoms with van der Waals surface area (Å²) in [6.45, 7) is 2.40. The Morgan fingerprint density at radius 2 is 2.26 bits per heavy atom. The van der Waals surface area contributed by atoms with Gasteiger partial charge in [0.05, 0.1) is 12.2 Å². The summed E-state index contributed by atoms with van der Waals surface area (Å²) in [4.78, 5) is 16.2. The van der Waals surface area contributed by atoms with E-state index >= 15 is 0 Å². The van der Waals surface area contributed by atoms with Crippen LogP contribution in [0.2, 0.25) is 0 Å². The Labute approximate surface area is 111 Å². The zero-order valence-corrected chi connectivity index (χ0v) is 11.1. The van der Waals surface area contributed by atoms with Crippen molar-refractivity contribution in [2.24, 2.45) is 7.05 Å². The van der Waals surface area contributed by atoms with Gasteiger partial charge in [-0.25, -0.2) is 4.98 Å². The summed E-state index contributed by atoms with van der Waals surface area (Å²) in [7, 11) is 1.83. The van der Waals surface area contributed by atoms with Gasteiger partial charge in [0.15, 0.2) is 0 Å². The topological polar surface area (TPSA) is 85.8 Å². The number of nitrogens with two attached hydrogens (primary N) is 1. The first kappa shape index (κ1) is 13.1. The van der Waals surface area contributed by atoms with Gasteiger partial charge in [-0.1, -0.05) is 6.92 Å². The van der Waals surface area contributed by atoms with Crippen LogP contribution in [0.15, 0.2) is 24.4 Å². The maximum absolute atomic E-state index is 12.0. The molecule has 2 heterocycles.